The van der Waals surface area contributed by atoms with E-state index >= 15 is 0 Å². The van der Waals surface area contributed by atoms with E-state index in [1.807, 2.05) is 45.2 Å². The van der Waals surface area contributed by atoms with Gasteiger partial charge in [-0.25, -0.2) is 0 Å². The SMILES string of the molecule is CC(c1ccccc1Cl)N(C)CC(C)(C)C=O. The van der Waals surface area contributed by atoms with Gasteiger partial charge in [0, 0.05) is 23.0 Å². The summed E-state index contributed by atoms with van der Waals surface area (Å²) in [6, 6.07) is 8.02. The molecule has 0 spiro atoms. The van der Waals surface area contributed by atoms with Crippen molar-refractivity contribution >= 4 is 17.9 Å². The molecule has 1 unspecified atom stereocenters. The Balaban J connectivity index is 2.80. The van der Waals surface area contributed by atoms with E-state index in [9.17, 15) is 4.79 Å². The highest BCUT2D eigenvalue weighted by Gasteiger charge is 2.23. The summed E-state index contributed by atoms with van der Waals surface area (Å²) in [4.78, 5) is 13.1. The van der Waals surface area contributed by atoms with Gasteiger partial charge in [-0.2, -0.15) is 0 Å². The van der Waals surface area contributed by atoms with Gasteiger partial charge >= 0.3 is 0 Å². The number of hydrogen-bond acceptors (Lipinski definition) is 2. The minimum atomic E-state index is -0.329. The first kappa shape index (κ1) is 14.2. The van der Waals surface area contributed by atoms with Gasteiger partial charge in [-0.3, -0.25) is 4.90 Å². The minimum absolute atomic E-state index is 0.197. The topological polar surface area (TPSA) is 20.3 Å². The second-order valence-electron chi connectivity index (χ2n) is 5.22. The van der Waals surface area contributed by atoms with E-state index in [1.165, 1.54) is 0 Å². The fourth-order valence-electron chi connectivity index (χ4n) is 1.87. The van der Waals surface area contributed by atoms with Crippen LogP contribution in [0.15, 0.2) is 24.3 Å². The molecule has 0 heterocycles. The maximum atomic E-state index is 10.9. The quantitative estimate of drug-likeness (QED) is 0.748. The summed E-state index contributed by atoms with van der Waals surface area (Å²) in [5.74, 6) is 0. The second kappa shape index (κ2) is 5.65. The van der Waals surface area contributed by atoms with Gasteiger partial charge in [0.1, 0.15) is 6.29 Å². The van der Waals surface area contributed by atoms with Gasteiger partial charge in [-0.05, 0) is 25.6 Å². The van der Waals surface area contributed by atoms with Crippen molar-refractivity contribution in [2.75, 3.05) is 13.6 Å². The first-order valence-electron chi connectivity index (χ1n) is 5.78. The zero-order valence-electron chi connectivity index (χ0n) is 10.9. The van der Waals surface area contributed by atoms with Crippen LogP contribution in [0.1, 0.15) is 32.4 Å². The third-order valence-corrected chi connectivity index (χ3v) is 3.34. The molecule has 2 nitrogen and oxygen atoms in total. The molecule has 0 saturated carbocycles. The zero-order valence-corrected chi connectivity index (χ0v) is 11.7. The molecule has 0 saturated heterocycles. The van der Waals surface area contributed by atoms with Gasteiger partial charge in [-0.1, -0.05) is 43.6 Å². The number of halogens is 1. The van der Waals surface area contributed by atoms with Crippen molar-refractivity contribution < 1.29 is 4.79 Å². The third kappa shape index (κ3) is 3.83. The molecule has 0 amide bonds. The van der Waals surface area contributed by atoms with Crippen molar-refractivity contribution in [1.29, 1.82) is 0 Å². The van der Waals surface area contributed by atoms with Crippen LogP contribution in [-0.4, -0.2) is 24.8 Å². The van der Waals surface area contributed by atoms with Gasteiger partial charge in [-0.15, -0.1) is 0 Å². The van der Waals surface area contributed by atoms with E-state index in [0.717, 1.165) is 16.9 Å². The fourth-order valence-corrected chi connectivity index (χ4v) is 2.16. The van der Waals surface area contributed by atoms with Crippen molar-refractivity contribution in [3.63, 3.8) is 0 Å². The Morgan fingerprint density at radius 1 is 1.41 bits per heavy atom. The zero-order chi connectivity index (χ0) is 13.1. The van der Waals surface area contributed by atoms with E-state index in [1.54, 1.807) is 0 Å². The van der Waals surface area contributed by atoms with Crippen LogP contribution in [0.4, 0.5) is 0 Å². The van der Waals surface area contributed by atoms with Crippen molar-refractivity contribution in [3.8, 4) is 0 Å². The van der Waals surface area contributed by atoms with Crippen molar-refractivity contribution in [2.45, 2.75) is 26.8 Å². The molecule has 0 radical (unpaired) electrons. The van der Waals surface area contributed by atoms with Crippen molar-refractivity contribution in [2.24, 2.45) is 5.41 Å². The van der Waals surface area contributed by atoms with Crippen LogP contribution in [0.3, 0.4) is 0 Å². The van der Waals surface area contributed by atoms with E-state index in [4.69, 9.17) is 11.6 Å². The molecule has 0 N–H and O–H groups in total. The second-order valence-corrected chi connectivity index (χ2v) is 5.63. The highest BCUT2D eigenvalue weighted by atomic mass is 35.5. The number of rotatable bonds is 5. The molecule has 1 rings (SSSR count). The summed E-state index contributed by atoms with van der Waals surface area (Å²) in [6.07, 6.45) is 1.00. The molecular weight excluding hydrogens is 234 g/mol. The van der Waals surface area contributed by atoms with E-state index in [-0.39, 0.29) is 11.5 Å². The average Bonchev–Trinajstić information content (AvgIpc) is 2.28. The molecule has 0 aromatic heterocycles. The lowest BCUT2D eigenvalue weighted by molar-refractivity contribution is -0.115. The van der Waals surface area contributed by atoms with Crippen LogP contribution in [0, 0.1) is 5.41 Å². The van der Waals surface area contributed by atoms with Gasteiger partial charge in [0.2, 0.25) is 0 Å². The van der Waals surface area contributed by atoms with Crippen molar-refractivity contribution in [1.82, 2.24) is 4.90 Å². The summed E-state index contributed by atoms with van der Waals surface area (Å²) in [5, 5.41) is 0.774. The standard InChI is InChI=1S/C14H20ClNO/c1-11(12-7-5-6-8-13(12)15)16(4)9-14(2,3)10-17/h5-8,10-11H,9H2,1-4H3. The summed E-state index contributed by atoms with van der Waals surface area (Å²) in [7, 11) is 2.01. The van der Waals surface area contributed by atoms with Crippen LogP contribution >= 0.6 is 11.6 Å². The van der Waals surface area contributed by atoms with E-state index < -0.39 is 0 Å². The van der Waals surface area contributed by atoms with Crippen LogP contribution in [0.5, 0.6) is 0 Å². The predicted octanol–water partition coefficient (Wildman–Crippen LogP) is 3.56. The lowest BCUT2D eigenvalue weighted by atomic mass is 9.94. The number of aldehydes is 1. The smallest absolute Gasteiger partial charge is 0.126 e. The molecule has 17 heavy (non-hydrogen) atoms. The molecule has 94 valence electrons. The normalized spacial score (nSPS) is 13.8. The predicted molar refractivity (Wildman–Crippen MR) is 72.3 cm³/mol. The maximum Gasteiger partial charge on any atom is 0.126 e. The summed E-state index contributed by atoms with van der Waals surface area (Å²) < 4.78 is 0. The highest BCUT2D eigenvalue weighted by Crippen LogP contribution is 2.28. The molecule has 1 atom stereocenters. The Labute approximate surface area is 109 Å². The largest absolute Gasteiger partial charge is 0.303 e. The number of carbonyl (C=O) groups excluding carboxylic acids is 1. The molecule has 0 aliphatic carbocycles. The third-order valence-electron chi connectivity index (χ3n) is 2.99. The van der Waals surface area contributed by atoms with Crippen LogP contribution in [0.2, 0.25) is 5.02 Å². The highest BCUT2D eigenvalue weighted by molar-refractivity contribution is 6.31. The molecule has 1 aromatic carbocycles. The van der Waals surface area contributed by atoms with Gasteiger partial charge in [0.25, 0.3) is 0 Å². The van der Waals surface area contributed by atoms with Gasteiger partial charge in [0.05, 0.1) is 0 Å². The summed E-state index contributed by atoms with van der Waals surface area (Å²) in [6.45, 7) is 6.69. The van der Waals surface area contributed by atoms with E-state index in [0.29, 0.717) is 6.54 Å². The monoisotopic (exact) mass is 253 g/mol. The lowest BCUT2D eigenvalue weighted by Gasteiger charge is -2.31. The van der Waals surface area contributed by atoms with Crippen LogP contribution < -0.4 is 0 Å². The van der Waals surface area contributed by atoms with Crippen LogP contribution in [0.25, 0.3) is 0 Å². The number of benzene rings is 1. The van der Waals surface area contributed by atoms with Crippen LogP contribution in [-0.2, 0) is 4.79 Å². The number of carbonyl (C=O) groups is 1. The van der Waals surface area contributed by atoms with Gasteiger partial charge in [0.15, 0.2) is 0 Å². The Morgan fingerprint density at radius 2 is 2.00 bits per heavy atom. The Hall–Kier alpha value is -0.860. The first-order chi connectivity index (χ1) is 7.87. The Bertz CT molecular complexity index is 390. The van der Waals surface area contributed by atoms with Gasteiger partial charge < -0.3 is 4.79 Å². The molecule has 0 aliphatic heterocycles. The lowest BCUT2D eigenvalue weighted by Crippen LogP contribution is -2.34. The molecule has 0 aliphatic rings. The molecular formula is C14H20ClNO. The Kier molecular flexibility index (Phi) is 4.72. The molecule has 3 heteroatoms. The maximum absolute atomic E-state index is 10.9. The van der Waals surface area contributed by atoms with E-state index in [2.05, 4.69) is 11.8 Å². The summed E-state index contributed by atoms with van der Waals surface area (Å²) >= 11 is 6.17. The summed E-state index contributed by atoms with van der Waals surface area (Å²) in [5.41, 5.74) is 0.767. The Morgan fingerprint density at radius 3 is 2.53 bits per heavy atom. The minimum Gasteiger partial charge on any atom is -0.303 e. The van der Waals surface area contributed by atoms with Crippen molar-refractivity contribution in [3.05, 3.63) is 34.9 Å². The average molecular weight is 254 g/mol. The molecule has 0 fully saturated rings. The first-order valence-corrected chi connectivity index (χ1v) is 6.16. The molecule has 1 aromatic rings. The number of nitrogens with zero attached hydrogens (tertiary/aromatic N) is 1. The molecule has 0 bridgehead atoms. The fraction of sp³-hybridized carbons (Fsp3) is 0.500. The number of hydrogen-bond donors (Lipinski definition) is 0.